The summed E-state index contributed by atoms with van der Waals surface area (Å²) < 4.78 is 0. The topological polar surface area (TPSA) is 103 Å². The molecular formula is C17H19N5. The predicted molar refractivity (Wildman–Crippen MR) is 90.7 cm³/mol. The molecule has 1 aliphatic carbocycles. The number of benzene rings is 2. The van der Waals surface area contributed by atoms with Gasteiger partial charge in [0.2, 0.25) is 5.96 Å². The van der Waals surface area contributed by atoms with Gasteiger partial charge in [-0.25, -0.2) is 0 Å². The average Bonchev–Trinajstić information content (AvgIpc) is 2.55. The first-order valence-electron chi connectivity index (χ1n) is 7.26. The van der Waals surface area contributed by atoms with Crippen molar-refractivity contribution in [3.8, 4) is 11.1 Å². The minimum atomic E-state index is -0.0714. The van der Waals surface area contributed by atoms with E-state index in [1.54, 1.807) is 0 Å². The molecule has 3 rings (SSSR count). The van der Waals surface area contributed by atoms with Gasteiger partial charge in [-0.3, -0.25) is 0 Å². The van der Waals surface area contributed by atoms with Gasteiger partial charge in [-0.15, -0.1) is 5.10 Å². The van der Waals surface area contributed by atoms with E-state index >= 15 is 0 Å². The van der Waals surface area contributed by atoms with E-state index in [9.17, 15) is 0 Å². The highest BCUT2D eigenvalue weighted by Gasteiger charge is 2.16. The Kier molecular flexibility index (Phi) is 3.89. The van der Waals surface area contributed by atoms with E-state index in [-0.39, 0.29) is 12.5 Å². The molecule has 112 valence electrons. The number of rotatable bonds is 3. The first kappa shape index (κ1) is 14.3. The molecule has 5 nitrogen and oxygen atoms in total. The first-order valence-corrected chi connectivity index (χ1v) is 7.26. The molecule has 0 aromatic heterocycles. The SMILES string of the molecule is NC/C(=N\N=C(N)N)c1ccc2c(c1)CCc1ccccc1-2. The lowest BCUT2D eigenvalue weighted by Crippen LogP contribution is -2.23. The molecule has 0 aliphatic heterocycles. The van der Waals surface area contributed by atoms with Crippen LogP contribution in [-0.4, -0.2) is 18.2 Å². The molecule has 0 bridgehead atoms. The third-order valence-corrected chi connectivity index (χ3v) is 3.89. The third kappa shape index (κ3) is 2.71. The zero-order valence-corrected chi connectivity index (χ0v) is 12.3. The molecule has 1 aliphatic rings. The van der Waals surface area contributed by atoms with Gasteiger partial charge in [0.15, 0.2) is 0 Å². The summed E-state index contributed by atoms with van der Waals surface area (Å²) in [5, 5.41) is 7.74. The van der Waals surface area contributed by atoms with Crippen LogP contribution in [0.5, 0.6) is 0 Å². The van der Waals surface area contributed by atoms with Crippen molar-refractivity contribution in [2.45, 2.75) is 12.8 Å². The maximum absolute atomic E-state index is 5.76. The maximum Gasteiger partial charge on any atom is 0.211 e. The Hall–Kier alpha value is -2.66. The van der Waals surface area contributed by atoms with E-state index in [0.29, 0.717) is 5.71 Å². The van der Waals surface area contributed by atoms with E-state index in [4.69, 9.17) is 17.2 Å². The Morgan fingerprint density at radius 3 is 2.41 bits per heavy atom. The maximum atomic E-state index is 5.76. The van der Waals surface area contributed by atoms with Gasteiger partial charge in [-0.1, -0.05) is 36.4 Å². The van der Waals surface area contributed by atoms with Crippen LogP contribution in [0.25, 0.3) is 11.1 Å². The molecule has 0 amide bonds. The highest BCUT2D eigenvalue weighted by atomic mass is 15.3. The molecule has 5 heteroatoms. The molecule has 0 fully saturated rings. The van der Waals surface area contributed by atoms with Gasteiger partial charge < -0.3 is 17.2 Å². The summed E-state index contributed by atoms with van der Waals surface area (Å²) >= 11 is 0. The van der Waals surface area contributed by atoms with Crippen molar-refractivity contribution in [2.75, 3.05) is 6.54 Å². The highest BCUT2D eigenvalue weighted by molar-refractivity contribution is 6.03. The van der Waals surface area contributed by atoms with E-state index in [0.717, 1.165) is 18.4 Å². The zero-order valence-electron chi connectivity index (χ0n) is 12.3. The van der Waals surface area contributed by atoms with Crippen molar-refractivity contribution < 1.29 is 0 Å². The molecular weight excluding hydrogens is 274 g/mol. The largest absolute Gasteiger partial charge is 0.369 e. The van der Waals surface area contributed by atoms with Crippen LogP contribution in [0.1, 0.15) is 16.7 Å². The van der Waals surface area contributed by atoms with E-state index in [1.165, 1.54) is 22.3 Å². The van der Waals surface area contributed by atoms with Crippen molar-refractivity contribution in [1.82, 2.24) is 0 Å². The lowest BCUT2D eigenvalue weighted by Gasteiger charge is -2.20. The quantitative estimate of drug-likeness (QED) is 0.452. The molecule has 0 saturated heterocycles. The molecule has 0 heterocycles. The molecule has 0 radical (unpaired) electrons. The Morgan fingerprint density at radius 1 is 0.909 bits per heavy atom. The fourth-order valence-corrected chi connectivity index (χ4v) is 2.85. The number of guanidine groups is 1. The van der Waals surface area contributed by atoms with Crippen LogP contribution in [-0.2, 0) is 12.8 Å². The zero-order chi connectivity index (χ0) is 15.5. The van der Waals surface area contributed by atoms with E-state index < -0.39 is 0 Å². The van der Waals surface area contributed by atoms with Crippen LogP contribution in [0.4, 0.5) is 0 Å². The van der Waals surface area contributed by atoms with Gasteiger partial charge in [0.25, 0.3) is 0 Å². The van der Waals surface area contributed by atoms with Crippen molar-refractivity contribution in [3.05, 3.63) is 59.2 Å². The monoisotopic (exact) mass is 293 g/mol. The van der Waals surface area contributed by atoms with Gasteiger partial charge in [0.1, 0.15) is 0 Å². The van der Waals surface area contributed by atoms with Gasteiger partial charge in [-0.2, -0.15) is 5.10 Å². The number of nitrogens with zero attached hydrogens (tertiary/aromatic N) is 2. The fraction of sp³-hybridized carbons (Fsp3) is 0.176. The summed E-state index contributed by atoms with van der Waals surface area (Å²) in [5.74, 6) is -0.0714. The second-order valence-electron chi connectivity index (χ2n) is 5.30. The van der Waals surface area contributed by atoms with Crippen molar-refractivity contribution in [1.29, 1.82) is 0 Å². The van der Waals surface area contributed by atoms with Gasteiger partial charge in [0, 0.05) is 6.54 Å². The van der Waals surface area contributed by atoms with E-state index in [1.807, 2.05) is 6.07 Å². The number of aryl methyl sites for hydroxylation is 2. The number of hydrogen-bond acceptors (Lipinski definition) is 3. The summed E-state index contributed by atoms with van der Waals surface area (Å²) in [6.45, 7) is 0.284. The van der Waals surface area contributed by atoms with Crippen molar-refractivity contribution in [2.24, 2.45) is 27.4 Å². The number of hydrogen-bond donors (Lipinski definition) is 3. The normalized spacial score (nSPS) is 13.2. The van der Waals surface area contributed by atoms with Crippen LogP contribution >= 0.6 is 0 Å². The second-order valence-corrected chi connectivity index (χ2v) is 5.30. The standard InChI is InChI=1S/C17H19N5/c18-10-16(21-22-17(19)20)13-7-8-15-12(9-13)6-5-11-3-1-2-4-14(11)15/h1-4,7-9H,5-6,10,18H2,(H4,19,20,22)/b21-16+. The minimum absolute atomic E-state index is 0.0714. The van der Waals surface area contributed by atoms with Gasteiger partial charge in [0.05, 0.1) is 5.71 Å². The van der Waals surface area contributed by atoms with Gasteiger partial charge >= 0.3 is 0 Å². The van der Waals surface area contributed by atoms with Crippen molar-refractivity contribution in [3.63, 3.8) is 0 Å². The Balaban J connectivity index is 2.03. The van der Waals surface area contributed by atoms with Crippen LogP contribution in [0.3, 0.4) is 0 Å². The fourth-order valence-electron chi connectivity index (χ4n) is 2.85. The molecule has 0 saturated carbocycles. The number of fused-ring (bicyclic) bond motifs is 3. The Bertz CT molecular complexity index is 757. The lowest BCUT2D eigenvalue weighted by molar-refractivity contribution is 0.941. The molecule has 0 spiro atoms. The van der Waals surface area contributed by atoms with Crippen LogP contribution in [0.2, 0.25) is 0 Å². The first-order chi connectivity index (χ1) is 10.7. The van der Waals surface area contributed by atoms with Crippen molar-refractivity contribution >= 4 is 11.7 Å². The summed E-state index contributed by atoms with van der Waals surface area (Å²) in [6, 6.07) is 14.8. The minimum Gasteiger partial charge on any atom is -0.369 e. The molecule has 0 atom stereocenters. The molecule has 2 aromatic carbocycles. The molecule has 0 unspecified atom stereocenters. The lowest BCUT2D eigenvalue weighted by atomic mass is 9.84. The van der Waals surface area contributed by atoms with Gasteiger partial charge in [-0.05, 0) is 46.7 Å². The van der Waals surface area contributed by atoms with Crippen LogP contribution in [0, 0.1) is 0 Å². The summed E-state index contributed by atoms with van der Waals surface area (Å²) in [6.07, 6.45) is 2.07. The second kappa shape index (κ2) is 5.99. The van der Waals surface area contributed by atoms with Crippen LogP contribution < -0.4 is 17.2 Å². The average molecular weight is 293 g/mol. The third-order valence-electron chi connectivity index (χ3n) is 3.89. The summed E-state index contributed by atoms with van der Waals surface area (Å²) in [4.78, 5) is 0. The predicted octanol–water partition coefficient (Wildman–Crippen LogP) is 1.39. The summed E-state index contributed by atoms with van der Waals surface area (Å²) in [7, 11) is 0. The van der Waals surface area contributed by atoms with Crippen LogP contribution in [0.15, 0.2) is 52.7 Å². The molecule has 2 aromatic rings. The highest BCUT2D eigenvalue weighted by Crippen LogP contribution is 2.33. The Morgan fingerprint density at radius 2 is 1.64 bits per heavy atom. The smallest absolute Gasteiger partial charge is 0.211 e. The molecule has 22 heavy (non-hydrogen) atoms. The summed E-state index contributed by atoms with van der Waals surface area (Å²) in [5.41, 5.74) is 23.3. The van der Waals surface area contributed by atoms with E-state index in [2.05, 4.69) is 46.6 Å². The number of nitrogens with two attached hydrogens (primary N) is 3. The molecule has 6 N–H and O–H groups in total. The Labute approximate surface area is 129 Å².